The Morgan fingerprint density at radius 3 is 0.831 bits per heavy atom. The average molecular weight is 1160 g/mol. The highest BCUT2D eigenvalue weighted by molar-refractivity contribution is 5.72. The summed E-state index contributed by atoms with van der Waals surface area (Å²) < 4.78 is 16.9. The Labute approximate surface area is 516 Å². The number of carbonyl (C=O) groups excluding carboxylic acids is 3. The first-order valence-corrected chi connectivity index (χ1v) is 36.4. The zero-order valence-corrected chi connectivity index (χ0v) is 55.5. The van der Waals surface area contributed by atoms with Crippen LogP contribution in [-0.2, 0) is 28.6 Å². The molecule has 0 aliphatic rings. The second kappa shape index (κ2) is 71.3. The van der Waals surface area contributed by atoms with Crippen LogP contribution in [0, 0.1) is 0 Å². The van der Waals surface area contributed by atoms with E-state index in [-0.39, 0.29) is 31.6 Å². The molecule has 0 aliphatic heterocycles. The van der Waals surface area contributed by atoms with E-state index in [1.807, 2.05) is 12.2 Å². The van der Waals surface area contributed by atoms with Gasteiger partial charge in [-0.3, -0.25) is 14.4 Å². The summed E-state index contributed by atoms with van der Waals surface area (Å²) in [5.74, 6) is -1.01. The number of hydrogen-bond acceptors (Lipinski definition) is 6. The van der Waals surface area contributed by atoms with Gasteiger partial charge < -0.3 is 14.2 Å². The molecule has 1 unspecified atom stereocenters. The summed E-state index contributed by atoms with van der Waals surface area (Å²) in [7, 11) is 0. The number of unbranched alkanes of at least 4 members (excludes halogenated alkanes) is 45. The number of carbonyl (C=O) groups is 3. The zero-order chi connectivity index (χ0) is 59.9. The van der Waals surface area contributed by atoms with Crippen molar-refractivity contribution in [1.82, 2.24) is 0 Å². The zero-order valence-electron chi connectivity index (χ0n) is 55.5. The van der Waals surface area contributed by atoms with E-state index in [0.29, 0.717) is 12.8 Å². The summed E-state index contributed by atoms with van der Waals surface area (Å²) in [4.78, 5) is 38.4. The molecule has 0 aromatic rings. The van der Waals surface area contributed by atoms with Gasteiger partial charge in [0.1, 0.15) is 13.2 Å². The van der Waals surface area contributed by atoms with Crippen molar-refractivity contribution in [1.29, 1.82) is 0 Å². The fourth-order valence-electron chi connectivity index (χ4n) is 10.8. The van der Waals surface area contributed by atoms with Crippen LogP contribution in [0.15, 0.2) is 72.9 Å². The molecule has 0 aromatic heterocycles. The molecule has 6 nitrogen and oxygen atoms in total. The number of ether oxygens (including phenoxy) is 3. The predicted octanol–water partition coefficient (Wildman–Crippen LogP) is 25.2. The molecule has 0 amide bonds. The van der Waals surface area contributed by atoms with Crippen LogP contribution in [0.2, 0.25) is 0 Å². The normalized spacial score (nSPS) is 12.5. The van der Waals surface area contributed by atoms with Gasteiger partial charge in [0.05, 0.1) is 6.42 Å². The van der Waals surface area contributed by atoms with Gasteiger partial charge in [0.25, 0.3) is 0 Å². The third-order valence-electron chi connectivity index (χ3n) is 16.2. The van der Waals surface area contributed by atoms with Gasteiger partial charge in [0.15, 0.2) is 6.10 Å². The molecule has 0 rings (SSSR count). The van der Waals surface area contributed by atoms with Gasteiger partial charge in [-0.05, 0) is 70.6 Å². The number of hydrogen-bond donors (Lipinski definition) is 0. The van der Waals surface area contributed by atoms with Gasteiger partial charge in [-0.15, -0.1) is 0 Å². The largest absolute Gasteiger partial charge is 0.462 e. The third kappa shape index (κ3) is 69.5. The molecule has 0 N–H and O–H groups in total. The SMILES string of the molecule is CC/C=C\C/C=C\C/C=C\C/C=C\C/C=C\CC(=O)OCC(COC(=O)CCCCCCCCCCCCCCCCC/C=C\CCCCCCCCCC)OC(=O)CCCCCCCCCCCCCCCCCCCCCCCCC. The Morgan fingerprint density at radius 2 is 0.518 bits per heavy atom. The number of rotatable bonds is 67. The summed E-state index contributed by atoms with van der Waals surface area (Å²) in [6, 6.07) is 0. The predicted molar refractivity (Wildman–Crippen MR) is 362 cm³/mol. The minimum atomic E-state index is -0.815. The molecule has 482 valence electrons. The molecule has 0 bridgehead atoms. The highest BCUT2D eigenvalue weighted by atomic mass is 16.6. The van der Waals surface area contributed by atoms with Crippen molar-refractivity contribution in [3.63, 3.8) is 0 Å². The lowest BCUT2D eigenvalue weighted by molar-refractivity contribution is -0.166. The molecule has 0 heterocycles. The van der Waals surface area contributed by atoms with E-state index in [0.717, 1.165) is 70.6 Å². The molecule has 0 saturated heterocycles. The van der Waals surface area contributed by atoms with Crippen LogP contribution in [0.1, 0.15) is 380 Å². The molecule has 0 spiro atoms. The lowest BCUT2D eigenvalue weighted by Crippen LogP contribution is -2.30. The topological polar surface area (TPSA) is 78.9 Å². The Hall–Kier alpha value is -3.15. The average Bonchev–Trinajstić information content (AvgIpc) is 3.49. The fourth-order valence-corrected chi connectivity index (χ4v) is 10.8. The number of esters is 3. The van der Waals surface area contributed by atoms with Gasteiger partial charge in [-0.1, -0.05) is 363 Å². The van der Waals surface area contributed by atoms with E-state index in [1.54, 1.807) is 0 Å². The molecular weight excluding hydrogens is 1020 g/mol. The molecule has 0 saturated carbocycles. The van der Waals surface area contributed by atoms with Crippen molar-refractivity contribution in [2.24, 2.45) is 0 Å². The van der Waals surface area contributed by atoms with E-state index in [4.69, 9.17) is 14.2 Å². The number of allylic oxidation sites excluding steroid dienone is 11. The fraction of sp³-hybridized carbons (Fsp3) is 0.805. The first-order valence-electron chi connectivity index (χ1n) is 36.4. The smallest absolute Gasteiger partial charge is 0.309 e. The quantitative estimate of drug-likeness (QED) is 0.0261. The molecule has 83 heavy (non-hydrogen) atoms. The lowest BCUT2D eigenvalue weighted by Gasteiger charge is -2.18. The van der Waals surface area contributed by atoms with Gasteiger partial charge in [0.2, 0.25) is 0 Å². The van der Waals surface area contributed by atoms with Crippen molar-refractivity contribution < 1.29 is 28.6 Å². The maximum Gasteiger partial charge on any atom is 0.309 e. The summed E-state index contributed by atoms with van der Waals surface area (Å²) in [6.45, 7) is 6.51. The second-order valence-electron chi connectivity index (χ2n) is 24.5. The molecule has 0 aliphatic carbocycles. The van der Waals surface area contributed by atoms with Crippen LogP contribution in [0.25, 0.3) is 0 Å². The van der Waals surface area contributed by atoms with E-state index in [2.05, 4.69) is 81.5 Å². The van der Waals surface area contributed by atoms with Gasteiger partial charge in [-0.25, -0.2) is 0 Å². The molecule has 0 aromatic carbocycles. The first kappa shape index (κ1) is 79.8. The van der Waals surface area contributed by atoms with Crippen LogP contribution in [-0.4, -0.2) is 37.2 Å². The van der Waals surface area contributed by atoms with E-state index < -0.39 is 12.1 Å². The van der Waals surface area contributed by atoms with Crippen molar-refractivity contribution in [3.8, 4) is 0 Å². The monoisotopic (exact) mass is 1160 g/mol. The maximum absolute atomic E-state index is 13.0. The Bertz CT molecular complexity index is 1520. The van der Waals surface area contributed by atoms with Crippen LogP contribution in [0.5, 0.6) is 0 Å². The summed E-state index contributed by atoms with van der Waals surface area (Å²) in [5.41, 5.74) is 0. The molecule has 0 fully saturated rings. The highest BCUT2D eigenvalue weighted by Gasteiger charge is 2.19. The van der Waals surface area contributed by atoms with E-state index in [9.17, 15) is 14.4 Å². The Morgan fingerprint density at radius 1 is 0.265 bits per heavy atom. The first-order chi connectivity index (χ1) is 41.0. The Balaban J connectivity index is 4.30. The molecular formula is C77H138O6. The maximum atomic E-state index is 13.0. The van der Waals surface area contributed by atoms with Crippen LogP contribution >= 0.6 is 0 Å². The summed E-state index contributed by atoms with van der Waals surface area (Å²) >= 11 is 0. The minimum Gasteiger partial charge on any atom is -0.462 e. The molecule has 1 atom stereocenters. The lowest BCUT2D eigenvalue weighted by atomic mass is 10.0. The third-order valence-corrected chi connectivity index (χ3v) is 16.2. The van der Waals surface area contributed by atoms with E-state index in [1.165, 1.54) is 270 Å². The standard InChI is InChI=1S/C77H138O6/c1-4-7-10-13-16-19-22-25-28-30-32-34-36-37-38-39-41-42-44-46-49-52-55-58-61-64-67-70-76(79)82-73-74(72-81-75(78)69-66-63-60-57-54-51-48-27-24-21-18-15-12-9-6-3)83-77(80)71-68-65-62-59-56-53-50-47-45-43-40-35-33-31-29-26-23-20-17-14-11-8-5-2/h9,12,18,21,27,30,32,48,54,57,63,66,74H,4-8,10-11,13-17,19-20,22-26,28-29,31,33-47,49-53,55-56,58-62,64-65,67-73H2,1-3H3/b12-9-,21-18-,32-30-,48-27-,57-54-,66-63-. The van der Waals surface area contributed by atoms with Gasteiger partial charge in [0, 0.05) is 12.8 Å². The summed E-state index contributed by atoms with van der Waals surface area (Å²) in [5, 5.41) is 0. The van der Waals surface area contributed by atoms with Crippen LogP contribution in [0.4, 0.5) is 0 Å². The van der Waals surface area contributed by atoms with Crippen molar-refractivity contribution in [3.05, 3.63) is 72.9 Å². The Kier molecular flexibility index (Phi) is 68.6. The molecule has 0 radical (unpaired) electrons. The highest BCUT2D eigenvalue weighted by Crippen LogP contribution is 2.19. The van der Waals surface area contributed by atoms with Crippen LogP contribution in [0.3, 0.4) is 0 Å². The summed E-state index contributed by atoms with van der Waals surface area (Å²) in [6.07, 6.45) is 94.0. The van der Waals surface area contributed by atoms with Gasteiger partial charge in [-0.2, -0.15) is 0 Å². The minimum absolute atomic E-state index is 0.101. The van der Waals surface area contributed by atoms with Crippen molar-refractivity contribution >= 4 is 17.9 Å². The van der Waals surface area contributed by atoms with E-state index >= 15 is 0 Å². The van der Waals surface area contributed by atoms with Gasteiger partial charge >= 0.3 is 17.9 Å². The van der Waals surface area contributed by atoms with Crippen molar-refractivity contribution in [2.75, 3.05) is 13.2 Å². The van der Waals surface area contributed by atoms with Crippen LogP contribution < -0.4 is 0 Å². The second-order valence-corrected chi connectivity index (χ2v) is 24.5. The molecule has 6 heteroatoms. The van der Waals surface area contributed by atoms with Crippen molar-refractivity contribution in [2.45, 2.75) is 386 Å².